The summed E-state index contributed by atoms with van der Waals surface area (Å²) in [6, 6.07) is 0. The Morgan fingerprint density at radius 2 is 2.14 bits per heavy atom. The highest BCUT2D eigenvalue weighted by molar-refractivity contribution is 7.99. The molecule has 0 aliphatic carbocycles. The Kier molecular flexibility index (Phi) is 6.92. The highest BCUT2D eigenvalue weighted by atomic mass is 32.2. The number of carbonyl (C=O) groups excluding carboxylic acids is 1. The quantitative estimate of drug-likeness (QED) is 0.294. The van der Waals surface area contributed by atoms with Crippen LogP contribution in [0, 0.1) is 0 Å². The van der Waals surface area contributed by atoms with Gasteiger partial charge in [0.1, 0.15) is 6.61 Å². The van der Waals surface area contributed by atoms with Crippen molar-refractivity contribution in [1.29, 1.82) is 0 Å². The van der Waals surface area contributed by atoms with Crippen molar-refractivity contribution in [3.63, 3.8) is 0 Å². The fourth-order valence-electron chi connectivity index (χ4n) is 0.546. The number of hydrogen-bond acceptors (Lipinski definition) is 4. The van der Waals surface area contributed by atoms with Gasteiger partial charge in [0.05, 0.1) is 6.16 Å². The average molecular weight is 240 g/mol. The van der Waals surface area contributed by atoms with Crippen LogP contribution in [0.15, 0.2) is 12.7 Å². The summed E-state index contributed by atoms with van der Waals surface area (Å²) in [7, 11) is -3.88. The summed E-state index contributed by atoms with van der Waals surface area (Å²) in [6.45, 7) is 3.46. The maximum atomic E-state index is 10.5. The maximum Gasteiger partial charge on any atom is 0.330 e. The van der Waals surface area contributed by atoms with Crippen molar-refractivity contribution in [2.24, 2.45) is 0 Å². The van der Waals surface area contributed by atoms with E-state index in [1.165, 1.54) is 11.8 Å². The predicted molar refractivity (Wildman–Crippen MR) is 55.4 cm³/mol. The van der Waals surface area contributed by atoms with Crippen molar-refractivity contribution in [3.05, 3.63) is 12.7 Å². The Balaban J connectivity index is 3.27. The van der Waals surface area contributed by atoms with Gasteiger partial charge in [0.15, 0.2) is 0 Å². The van der Waals surface area contributed by atoms with Crippen LogP contribution in [0.2, 0.25) is 0 Å². The van der Waals surface area contributed by atoms with E-state index in [1.54, 1.807) is 0 Å². The van der Waals surface area contributed by atoms with E-state index in [0.717, 1.165) is 6.08 Å². The van der Waals surface area contributed by atoms with Crippen LogP contribution in [0.4, 0.5) is 0 Å². The van der Waals surface area contributed by atoms with Crippen molar-refractivity contribution in [2.45, 2.75) is 0 Å². The van der Waals surface area contributed by atoms with E-state index < -0.39 is 13.6 Å². The molecule has 0 aromatic carbocycles. The van der Waals surface area contributed by atoms with Gasteiger partial charge >= 0.3 is 13.6 Å². The van der Waals surface area contributed by atoms with Crippen LogP contribution in [0.5, 0.6) is 0 Å². The molecule has 0 atom stereocenters. The van der Waals surface area contributed by atoms with Gasteiger partial charge in [-0.1, -0.05) is 6.58 Å². The average Bonchev–Trinajstić information content (AvgIpc) is 2.08. The van der Waals surface area contributed by atoms with Gasteiger partial charge in [0.25, 0.3) is 0 Å². The molecule has 0 aliphatic heterocycles. The van der Waals surface area contributed by atoms with E-state index in [0.29, 0.717) is 11.5 Å². The molecule has 14 heavy (non-hydrogen) atoms. The third-order valence-electron chi connectivity index (χ3n) is 1.17. The molecular formula is C7H13O5PS. The molecular weight excluding hydrogens is 227 g/mol. The summed E-state index contributed by atoms with van der Waals surface area (Å²) >= 11 is 1.33. The zero-order chi connectivity index (χ0) is 11.0. The van der Waals surface area contributed by atoms with Crippen molar-refractivity contribution >= 4 is 25.3 Å². The highest BCUT2D eigenvalue weighted by Crippen LogP contribution is 2.34. The Bertz CT molecular complexity index is 236. The molecule has 0 heterocycles. The molecule has 0 fully saturated rings. The molecule has 7 heteroatoms. The molecule has 0 amide bonds. The monoisotopic (exact) mass is 240 g/mol. The predicted octanol–water partition coefficient (Wildman–Crippen LogP) is 0.626. The van der Waals surface area contributed by atoms with Gasteiger partial charge in [0.2, 0.25) is 0 Å². The lowest BCUT2D eigenvalue weighted by Crippen LogP contribution is -2.04. The van der Waals surface area contributed by atoms with Gasteiger partial charge in [-0.3, -0.25) is 4.57 Å². The molecule has 0 radical (unpaired) electrons. The summed E-state index contributed by atoms with van der Waals surface area (Å²) < 4.78 is 15.1. The summed E-state index contributed by atoms with van der Waals surface area (Å²) in [5.41, 5.74) is 0. The van der Waals surface area contributed by atoms with Gasteiger partial charge in [-0.2, -0.15) is 11.8 Å². The maximum absolute atomic E-state index is 10.5. The number of esters is 1. The van der Waals surface area contributed by atoms with E-state index in [4.69, 9.17) is 9.79 Å². The third kappa shape index (κ3) is 9.80. The van der Waals surface area contributed by atoms with Gasteiger partial charge in [-0.15, -0.1) is 0 Å². The summed E-state index contributed by atoms with van der Waals surface area (Å²) in [6.07, 6.45) is 0.924. The fourth-order valence-corrected chi connectivity index (χ4v) is 2.42. The number of hydrogen-bond donors (Lipinski definition) is 2. The lowest BCUT2D eigenvalue weighted by molar-refractivity contribution is -0.137. The highest BCUT2D eigenvalue weighted by Gasteiger charge is 2.11. The molecule has 2 N–H and O–H groups in total. The number of ether oxygens (including phenoxy) is 1. The first-order valence-electron chi connectivity index (χ1n) is 3.87. The zero-order valence-corrected chi connectivity index (χ0v) is 9.30. The van der Waals surface area contributed by atoms with Gasteiger partial charge < -0.3 is 14.5 Å². The van der Waals surface area contributed by atoms with Crippen molar-refractivity contribution in [2.75, 3.05) is 24.3 Å². The molecule has 0 saturated carbocycles. The van der Waals surface area contributed by atoms with E-state index in [2.05, 4.69) is 11.3 Å². The summed E-state index contributed by atoms with van der Waals surface area (Å²) in [5.74, 6) is 0.399. The molecule has 0 bridgehead atoms. The third-order valence-corrected chi connectivity index (χ3v) is 3.22. The largest absolute Gasteiger partial charge is 0.462 e. The molecule has 0 rings (SSSR count). The molecule has 82 valence electrons. The van der Waals surface area contributed by atoms with Crippen LogP contribution in [0.1, 0.15) is 0 Å². The molecule has 0 aromatic rings. The lowest BCUT2D eigenvalue weighted by atomic mass is 10.6. The summed E-state index contributed by atoms with van der Waals surface area (Å²) in [4.78, 5) is 27.5. The smallest absolute Gasteiger partial charge is 0.330 e. The fraction of sp³-hybridized carbons (Fsp3) is 0.571. The van der Waals surface area contributed by atoms with Gasteiger partial charge in [0, 0.05) is 17.6 Å². The molecule has 0 aliphatic rings. The van der Waals surface area contributed by atoms with Crippen molar-refractivity contribution < 1.29 is 23.9 Å². The van der Waals surface area contributed by atoms with Crippen LogP contribution in [0.25, 0.3) is 0 Å². The van der Waals surface area contributed by atoms with Gasteiger partial charge in [-0.25, -0.2) is 4.79 Å². The van der Waals surface area contributed by atoms with Crippen LogP contribution in [-0.2, 0) is 14.1 Å². The van der Waals surface area contributed by atoms with Crippen LogP contribution in [0.3, 0.4) is 0 Å². The second kappa shape index (κ2) is 7.06. The normalized spacial score (nSPS) is 11.0. The lowest BCUT2D eigenvalue weighted by Gasteiger charge is -2.03. The van der Waals surface area contributed by atoms with Gasteiger partial charge in [-0.05, 0) is 0 Å². The Morgan fingerprint density at radius 1 is 1.50 bits per heavy atom. The Hall–Kier alpha value is -0.290. The minimum Gasteiger partial charge on any atom is -0.462 e. The van der Waals surface area contributed by atoms with Crippen molar-refractivity contribution in [1.82, 2.24) is 0 Å². The zero-order valence-electron chi connectivity index (χ0n) is 7.59. The number of thioether (sulfide) groups is 1. The minimum absolute atomic E-state index is 0.146. The molecule has 5 nitrogen and oxygen atoms in total. The van der Waals surface area contributed by atoms with Crippen LogP contribution < -0.4 is 0 Å². The second-order valence-electron chi connectivity index (χ2n) is 2.37. The molecule has 0 saturated heterocycles. The second-order valence-corrected chi connectivity index (χ2v) is 5.37. The van der Waals surface area contributed by atoms with Crippen LogP contribution >= 0.6 is 19.4 Å². The van der Waals surface area contributed by atoms with Crippen molar-refractivity contribution in [3.8, 4) is 0 Å². The topological polar surface area (TPSA) is 83.8 Å². The van der Waals surface area contributed by atoms with E-state index >= 15 is 0 Å². The molecule has 0 spiro atoms. The Morgan fingerprint density at radius 3 is 2.64 bits per heavy atom. The van der Waals surface area contributed by atoms with Crippen LogP contribution in [-0.4, -0.2) is 40.0 Å². The van der Waals surface area contributed by atoms with E-state index in [9.17, 15) is 9.36 Å². The van der Waals surface area contributed by atoms with E-state index in [1.807, 2.05) is 0 Å². The molecule has 0 unspecified atom stereocenters. The number of rotatable bonds is 7. The first kappa shape index (κ1) is 13.7. The summed E-state index contributed by atoms with van der Waals surface area (Å²) in [5, 5.41) is 0. The minimum atomic E-state index is -3.88. The Labute approximate surface area is 86.7 Å². The number of carbonyl (C=O) groups is 1. The first-order valence-corrected chi connectivity index (χ1v) is 6.82. The SMILES string of the molecule is C=CC(=O)OCCSCCP(=O)(O)O. The first-order chi connectivity index (χ1) is 6.45. The molecule has 0 aromatic heterocycles. The standard InChI is InChI=1S/C7H13O5PS/c1-2-7(8)12-3-5-14-6-4-13(9,10)11/h2H,1,3-6H2,(H2,9,10,11). The van der Waals surface area contributed by atoms with E-state index in [-0.39, 0.29) is 12.8 Å².